The second-order valence-corrected chi connectivity index (χ2v) is 5.78. The van der Waals surface area contributed by atoms with E-state index in [1.165, 1.54) is 0 Å². The van der Waals surface area contributed by atoms with Crippen molar-refractivity contribution >= 4 is 5.91 Å². The quantitative estimate of drug-likeness (QED) is 0.766. The normalized spacial score (nSPS) is 24.6. The number of amides is 1. The Labute approximate surface area is 114 Å². The topological polar surface area (TPSA) is 61.4 Å². The largest absolute Gasteiger partial charge is 0.392 e. The van der Waals surface area contributed by atoms with E-state index < -0.39 is 0 Å². The van der Waals surface area contributed by atoms with Gasteiger partial charge in [0.1, 0.15) is 0 Å². The number of rotatable bonds is 4. The third kappa shape index (κ3) is 2.80. The first-order valence-electron chi connectivity index (χ1n) is 6.67. The molecule has 1 aromatic rings. The zero-order chi connectivity index (χ0) is 14.0. The summed E-state index contributed by atoms with van der Waals surface area (Å²) in [6, 6.07) is 7.92. The highest BCUT2D eigenvalue weighted by atomic mass is 16.3. The zero-order valence-corrected chi connectivity index (χ0v) is 11.7. The van der Waals surface area contributed by atoms with E-state index in [0.29, 0.717) is 11.6 Å². The molecule has 1 fully saturated rings. The third-order valence-corrected chi connectivity index (χ3v) is 4.21. The number of benzene rings is 1. The van der Waals surface area contributed by atoms with Gasteiger partial charge in [-0.2, -0.15) is 0 Å². The summed E-state index contributed by atoms with van der Waals surface area (Å²) in [7, 11) is 1.63. The Kier molecular flexibility index (Phi) is 3.92. The Morgan fingerprint density at radius 1 is 1.37 bits per heavy atom. The van der Waals surface area contributed by atoms with Crippen molar-refractivity contribution in [3.63, 3.8) is 0 Å². The van der Waals surface area contributed by atoms with E-state index >= 15 is 0 Å². The van der Waals surface area contributed by atoms with Gasteiger partial charge in [0.25, 0.3) is 5.91 Å². The number of nitrogens with one attached hydrogen (secondary N) is 2. The minimum Gasteiger partial charge on any atom is -0.392 e. The molecule has 4 heteroatoms. The van der Waals surface area contributed by atoms with Crippen LogP contribution in [0.3, 0.4) is 0 Å². The van der Waals surface area contributed by atoms with Crippen molar-refractivity contribution in [3.05, 3.63) is 35.4 Å². The molecule has 0 aromatic heterocycles. The molecule has 0 saturated heterocycles. The molecule has 1 aliphatic rings. The van der Waals surface area contributed by atoms with Crippen LogP contribution < -0.4 is 10.6 Å². The first-order valence-corrected chi connectivity index (χ1v) is 6.67. The van der Waals surface area contributed by atoms with Crippen LogP contribution in [0.15, 0.2) is 24.3 Å². The first kappa shape index (κ1) is 14.0. The molecule has 0 bridgehead atoms. The van der Waals surface area contributed by atoms with Crippen molar-refractivity contribution in [2.75, 3.05) is 7.05 Å². The predicted molar refractivity (Wildman–Crippen MR) is 74.9 cm³/mol. The Morgan fingerprint density at radius 2 is 2.00 bits per heavy atom. The van der Waals surface area contributed by atoms with Crippen molar-refractivity contribution in [1.29, 1.82) is 0 Å². The highest BCUT2D eigenvalue weighted by Crippen LogP contribution is 2.40. The van der Waals surface area contributed by atoms with Gasteiger partial charge in [-0.05, 0) is 24.1 Å². The van der Waals surface area contributed by atoms with Crippen molar-refractivity contribution in [3.8, 4) is 0 Å². The van der Waals surface area contributed by atoms with Crippen LogP contribution in [0, 0.1) is 5.41 Å². The van der Waals surface area contributed by atoms with Crippen molar-refractivity contribution in [1.82, 2.24) is 10.6 Å². The molecule has 19 heavy (non-hydrogen) atoms. The fourth-order valence-corrected chi connectivity index (χ4v) is 2.41. The van der Waals surface area contributed by atoms with Gasteiger partial charge in [0, 0.05) is 30.6 Å². The molecule has 4 nitrogen and oxygen atoms in total. The summed E-state index contributed by atoms with van der Waals surface area (Å²) in [6.07, 6.45) is 0.601. The van der Waals surface area contributed by atoms with Crippen molar-refractivity contribution in [2.24, 2.45) is 5.41 Å². The molecule has 0 radical (unpaired) electrons. The summed E-state index contributed by atoms with van der Waals surface area (Å²) in [5.74, 6) is -0.0669. The lowest BCUT2D eigenvalue weighted by molar-refractivity contribution is -0.0729. The summed E-state index contributed by atoms with van der Waals surface area (Å²) < 4.78 is 0. The van der Waals surface area contributed by atoms with Gasteiger partial charge >= 0.3 is 0 Å². The fourth-order valence-electron chi connectivity index (χ4n) is 2.41. The van der Waals surface area contributed by atoms with Gasteiger partial charge in [0.05, 0.1) is 6.10 Å². The maximum atomic E-state index is 11.4. The van der Waals surface area contributed by atoms with Crippen LogP contribution >= 0.6 is 0 Å². The molecule has 1 aliphatic carbocycles. The van der Waals surface area contributed by atoms with Crippen LogP contribution in [-0.4, -0.2) is 30.2 Å². The average molecular weight is 262 g/mol. The van der Waals surface area contributed by atoms with Crippen molar-refractivity contribution in [2.45, 2.75) is 39.0 Å². The molecule has 0 aliphatic heterocycles. The minimum absolute atomic E-state index is 0.0535. The van der Waals surface area contributed by atoms with Gasteiger partial charge in [-0.1, -0.05) is 26.0 Å². The lowest BCUT2D eigenvalue weighted by Crippen LogP contribution is -2.59. The van der Waals surface area contributed by atoms with Gasteiger partial charge < -0.3 is 15.7 Å². The summed E-state index contributed by atoms with van der Waals surface area (Å²) in [5, 5.41) is 15.7. The average Bonchev–Trinajstić information content (AvgIpc) is 2.43. The van der Waals surface area contributed by atoms with E-state index in [1.54, 1.807) is 7.05 Å². The number of carbonyl (C=O) groups excluding carboxylic acids is 1. The van der Waals surface area contributed by atoms with Crippen LogP contribution in [0.2, 0.25) is 0 Å². The van der Waals surface area contributed by atoms with E-state index in [1.807, 2.05) is 24.3 Å². The lowest BCUT2D eigenvalue weighted by Gasteiger charge is -2.49. The Morgan fingerprint density at radius 3 is 2.47 bits per heavy atom. The van der Waals surface area contributed by atoms with Crippen LogP contribution in [-0.2, 0) is 6.54 Å². The Bertz CT molecular complexity index is 454. The monoisotopic (exact) mass is 262 g/mol. The number of hydrogen-bond acceptors (Lipinski definition) is 3. The number of carbonyl (C=O) groups is 1. The van der Waals surface area contributed by atoms with Crippen LogP contribution in [0.1, 0.15) is 36.2 Å². The van der Waals surface area contributed by atoms with E-state index in [4.69, 9.17) is 0 Å². The molecule has 1 saturated carbocycles. The SMILES string of the molecule is CNC(=O)c1ccc(CNC2CC(O)C2(C)C)cc1. The number of aliphatic hydroxyl groups excluding tert-OH is 1. The first-order chi connectivity index (χ1) is 8.95. The number of hydrogen-bond donors (Lipinski definition) is 3. The van der Waals surface area contributed by atoms with E-state index in [9.17, 15) is 9.90 Å². The van der Waals surface area contributed by atoms with Crippen LogP contribution in [0.5, 0.6) is 0 Å². The highest BCUT2D eigenvalue weighted by Gasteiger charge is 2.46. The molecule has 2 rings (SSSR count). The molecule has 2 atom stereocenters. The fraction of sp³-hybridized carbons (Fsp3) is 0.533. The molecule has 1 aromatic carbocycles. The van der Waals surface area contributed by atoms with E-state index in [2.05, 4.69) is 24.5 Å². The van der Waals surface area contributed by atoms with Gasteiger partial charge in [0.2, 0.25) is 0 Å². The molecular weight excluding hydrogens is 240 g/mol. The van der Waals surface area contributed by atoms with Gasteiger partial charge in [-0.25, -0.2) is 0 Å². The molecule has 1 amide bonds. The minimum atomic E-state index is -0.208. The predicted octanol–water partition coefficient (Wildman–Crippen LogP) is 1.30. The lowest BCUT2D eigenvalue weighted by atomic mass is 9.64. The second-order valence-electron chi connectivity index (χ2n) is 5.78. The maximum absolute atomic E-state index is 11.4. The second kappa shape index (κ2) is 5.31. The standard InChI is InChI=1S/C15H22N2O2/c1-15(2)12(8-13(15)18)17-9-10-4-6-11(7-5-10)14(19)16-3/h4-7,12-13,17-18H,8-9H2,1-3H3,(H,16,19). The van der Waals surface area contributed by atoms with Crippen molar-refractivity contribution < 1.29 is 9.90 Å². The molecule has 104 valence electrons. The number of aliphatic hydroxyl groups is 1. The van der Waals surface area contributed by atoms with Gasteiger partial charge in [-0.15, -0.1) is 0 Å². The molecular formula is C15H22N2O2. The van der Waals surface area contributed by atoms with Gasteiger partial charge in [-0.3, -0.25) is 4.79 Å². The summed E-state index contributed by atoms with van der Waals surface area (Å²) in [4.78, 5) is 11.4. The van der Waals surface area contributed by atoms with Gasteiger partial charge in [0.15, 0.2) is 0 Å². The smallest absolute Gasteiger partial charge is 0.251 e. The molecule has 0 heterocycles. The molecule has 2 unspecified atom stereocenters. The molecule has 3 N–H and O–H groups in total. The summed E-state index contributed by atoms with van der Waals surface area (Å²) in [6.45, 7) is 4.91. The molecule has 0 spiro atoms. The highest BCUT2D eigenvalue weighted by molar-refractivity contribution is 5.93. The zero-order valence-electron chi connectivity index (χ0n) is 11.7. The van der Waals surface area contributed by atoms with Crippen LogP contribution in [0.4, 0.5) is 0 Å². The third-order valence-electron chi connectivity index (χ3n) is 4.21. The summed E-state index contributed by atoms with van der Waals surface area (Å²) in [5.41, 5.74) is 1.76. The van der Waals surface area contributed by atoms with E-state index in [-0.39, 0.29) is 17.4 Å². The maximum Gasteiger partial charge on any atom is 0.251 e. The van der Waals surface area contributed by atoms with E-state index in [0.717, 1.165) is 18.5 Å². The van der Waals surface area contributed by atoms with Crippen LogP contribution in [0.25, 0.3) is 0 Å². The summed E-state index contributed by atoms with van der Waals surface area (Å²) >= 11 is 0. The Balaban J connectivity index is 1.89. The Hall–Kier alpha value is -1.39.